The minimum Gasteiger partial charge on any atom is -0.454 e. The summed E-state index contributed by atoms with van der Waals surface area (Å²) in [5, 5.41) is 0.413. The Labute approximate surface area is 164 Å². The van der Waals surface area contributed by atoms with Crippen LogP contribution in [0, 0.1) is 5.82 Å². The Kier molecular flexibility index (Phi) is 5.72. The number of likely N-dealkylation sites (N-methyl/N-ethyl adjacent to an activating group) is 1. The molecule has 0 bridgehead atoms. The van der Waals surface area contributed by atoms with Gasteiger partial charge >= 0.3 is 5.97 Å². The van der Waals surface area contributed by atoms with Crippen molar-refractivity contribution < 1.29 is 28.2 Å². The van der Waals surface area contributed by atoms with Gasteiger partial charge in [0.1, 0.15) is 5.82 Å². The molecule has 1 amide bonds. The lowest BCUT2D eigenvalue weighted by atomic mass is 10.2. The number of esters is 1. The molecule has 0 spiro atoms. The number of rotatable bonds is 5. The Bertz CT molecular complexity index is 885. The number of benzene rings is 2. The summed E-state index contributed by atoms with van der Waals surface area (Å²) in [4.78, 5) is 25.5. The van der Waals surface area contributed by atoms with Crippen LogP contribution in [0.25, 0.3) is 0 Å². The fourth-order valence-electron chi connectivity index (χ4n) is 2.41. The SMILES string of the molecule is CN(Cc1c(F)cccc1Cl)C(=O)COC(=O)c1cc(Cl)c2c(c1)OCO2. The summed E-state index contributed by atoms with van der Waals surface area (Å²) in [5.74, 6) is -1.11. The van der Waals surface area contributed by atoms with E-state index in [1.165, 1.54) is 42.3 Å². The minimum atomic E-state index is -0.749. The maximum atomic E-state index is 13.8. The first-order valence-corrected chi connectivity index (χ1v) is 8.55. The Hall–Kier alpha value is -2.51. The molecule has 3 rings (SSSR count). The molecule has 2 aromatic carbocycles. The molecule has 1 heterocycles. The van der Waals surface area contributed by atoms with Crippen molar-refractivity contribution in [2.45, 2.75) is 6.54 Å². The molecular formula is C18H14Cl2FNO5. The van der Waals surface area contributed by atoms with Crippen molar-refractivity contribution in [2.75, 3.05) is 20.4 Å². The van der Waals surface area contributed by atoms with Crippen LogP contribution in [0.4, 0.5) is 4.39 Å². The van der Waals surface area contributed by atoms with Gasteiger partial charge < -0.3 is 19.1 Å². The second-order valence-corrected chi connectivity index (χ2v) is 6.53. The van der Waals surface area contributed by atoms with Gasteiger partial charge in [0.25, 0.3) is 5.91 Å². The number of fused-ring (bicyclic) bond motifs is 1. The Morgan fingerprint density at radius 3 is 2.74 bits per heavy atom. The Morgan fingerprint density at radius 1 is 1.22 bits per heavy atom. The van der Waals surface area contributed by atoms with Gasteiger partial charge in [0.15, 0.2) is 18.1 Å². The first kappa shape index (κ1) is 19.3. The predicted octanol–water partition coefficient (Wildman–Crippen LogP) is 3.68. The van der Waals surface area contributed by atoms with Gasteiger partial charge in [-0.25, -0.2) is 9.18 Å². The third-order valence-corrected chi connectivity index (χ3v) is 4.51. The highest BCUT2D eigenvalue weighted by Crippen LogP contribution is 2.39. The molecule has 0 radical (unpaired) electrons. The molecule has 0 aliphatic carbocycles. The molecule has 0 fully saturated rings. The summed E-state index contributed by atoms with van der Waals surface area (Å²) in [5.41, 5.74) is 0.306. The van der Waals surface area contributed by atoms with Crippen molar-refractivity contribution in [3.63, 3.8) is 0 Å². The van der Waals surface area contributed by atoms with Crippen LogP contribution in [-0.4, -0.2) is 37.2 Å². The van der Waals surface area contributed by atoms with E-state index in [1.54, 1.807) is 0 Å². The zero-order valence-corrected chi connectivity index (χ0v) is 15.6. The number of carbonyl (C=O) groups excluding carboxylic acids is 2. The van der Waals surface area contributed by atoms with Gasteiger partial charge in [0.2, 0.25) is 6.79 Å². The summed E-state index contributed by atoms with van der Waals surface area (Å²) in [6.07, 6.45) is 0. The van der Waals surface area contributed by atoms with E-state index in [2.05, 4.69) is 0 Å². The topological polar surface area (TPSA) is 65.1 Å². The summed E-state index contributed by atoms with van der Waals surface area (Å²) >= 11 is 12.0. The predicted molar refractivity (Wildman–Crippen MR) is 95.7 cm³/mol. The maximum Gasteiger partial charge on any atom is 0.338 e. The standard InChI is InChI=1S/C18H14Cl2FNO5/c1-22(7-11-12(19)3-2-4-14(11)21)16(23)8-25-18(24)10-5-13(20)17-15(6-10)26-9-27-17/h2-6H,7-9H2,1H3. The molecule has 2 aromatic rings. The molecule has 0 saturated carbocycles. The van der Waals surface area contributed by atoms with Crippen LogP contribution in [0.15, 0.2) is 30.3 Å². The van der Waals surface area contributed by atoms with E-state index >= 15 is 0 Å². The van der Waals surface area contributed by atoms with Crippen molar-refractivity contribution in [2.24, 2.45) is 0 Å². The molecule has 0 N–H and O–H groups in total. The third kappa shape index (κ3) is 4.26. The van der Waals surface area contributed by atoms with E-state index < -0.39 is 24.3 Å². The molecule has 0 saturated heterocycles. The summed E-state index contributed by atoms with van der Waals surface area (Å²) in [6, 6.07) is 7.04. The normalized spacial score (nSPS) is 12.0. The van der Waals surface area contributed by atoms with Gasteiger partial charge in [-0.2, -0.15) is 0 Å². The number of hydrogen-bond acceptors (Lipinski definition) is 5. The number of nitrogens with zero attached hydrogens (tertiary/aromatic N) is 1. The van der Waals surface area contributed by atoms with E-state index in [4.69, 9.17) is 37.4 Å². The van der Waals surface area contributed by atoms with Gasteiger partial charge in [-0.1, -0.05) is 29.3 Å². The molecule has 0 unspecified atom stereocenters. The lowest BCUT2D eigenvalue weighted by molar-refractivity contribution is -0.133. The van der Waals surface area contributed by atoms with Crippen LogP contribution in [-0.2, 0) is 16.1 Å². The highest BCUT2D eigenvalue weighted by Gasteiger charge is 2.22. The lowest BCUT2D eigenvalue weighted by Gasteiger charge is -2.18. The zero-order valence-electron chi connectivity index (χ0n) is 14.1. The molecule has 27 heavy (non-hydrogen) atoms. The molecule has 0 atom stereocenters. The van der Waals surface area contributed by atoms with E-state index in [9.17, 15) is 14.0 Å². The highest BCUT2D eigenvalue weighted by molar-refractivity contribution is 6.32. The number of amides is 1. The molecule has 0 aromatic heterocycles. The van der Waals surface area contributed by atoms with Gasteiger partial charge in [-0.15, -0.1) is 0 Å². The number of halogens is 3. The maximum absolute atomic E-state index is 13.8. The van der Waals surface area contributed by atoms with Crippen LogP contribution < -0.4 is 9.47 Å². The monoisotopic (exact) mass is 413 g/mol. The minimum absolute atomic E-state index is 0.00937. The van der Waals surface area contributed by atoms with Crippen molar-refractivity contribution in [1.29, 1.82) is 0 Å². The van der Waals surface area contributed by atoms with Crippen molar-refractivity contribution in [1.82, 2.24) is 4.90 Å². The largest absolute Gasteiger partial charge is 0.454 e. The van der Waals surface area contributed by atoms with Crippen LogP contribution in [0.3, 0.4) is 0 Å². The first-order valence-electron chi connectivity index (χ1n) is 7.80. The van der Waals surface area contributed by atoms with Gasteiger partial charge in [-0.3, -0.25) is 4.79 Å². The van der Waals surface area contributed by atoms with Crippen molar-refractivity contribution in [3.8, 4) is 11.5 Å². The van der Waals surface area contributed by atoms with Crippen molar-refractivity contribution >= 4 is 35.1 Å². The number of ether oxygens (including phenoxy) is 3. The second kappa shape index (κ2) is 8.02. The van der Waals surface area contributed by atoms with Crippen LogP contribution in [0.5, 0.6) is 11.5 Å². The van der Waals surface area contributed by atoms with E-state index in [0.717, 1.165) is 0 Å². The molecule has 142 valence electrons. The lowest BCUT2D eigenvalue weighted by Crippen LogP contribution is -2.31. The van der Waals surface area contributed by atoms with Crippen LogP contribution in [0.1, 0.15) is 15.9 Å². The van der Waals surface area contributed by atoms with Gasteiger partial charge in [-0.05, 0) is 24.3 Å². The summed E-state index contributed by atoms with van der Waals surface area (Å²) in [6.45, 7) is -0.569. The summed E-state index contributed by atoms with van der Waals surface area (Å²) in [7, 11) is 1.45. The quantitative estimate of drug-likeness (QED) is 0.699. The Balaban J connectivity index is 1.60. The fraction of sp³-hybridized carbons (Fsp3) is 0.222. The van der Waals surface area contributed by atoms with Crippen LogP contribution >= 0.6 is 23.2 Å². The van der Waals surface area contributed by atoms with E-state index in [0.29, 0.717) is 11.5 Å². The van der Waals surface area contributed by atoms with Crippen LogP contribution in [0.2, 0.25) is 10.0 Å². The number of hydrogen-bond donors (Lipinski definition) is 0. The number of carbonyl (C=O) groups is 2. The van der Waals surface area contributed by atoms with Crippen molar-refractivity contribution in [3.05, 3.63) is 57.3 Å². The summed E-state index contributed by atoms with van der Waals surface area (Å²) < 4.78 is 29.2. The first-order chi connectivity index (χ1) is 12.9. The average molecular weight is 414 g/mol. The average Bonchev–Trinajstić information content (AvgIpc) is 3.11. The van der Waals surface area contributed by atoms with E-state index in [-0.39, 0.29) is 34.5 Å². The second-order valence-electron chi connectivity index (χ2n) is 5.72. The fourth-order valence-corrected chi connectivity index (χ4v) is 2.90. The molecule has 9 heteroatoms. The third-order valence-electron chi connectivity index (χ3n) is 3.87. The smallest absolute Gasteiger partial charge is 0.338 e. The van der Waals surface area contributed by atoms with Gasteiger partial charge in [0, 0.05) is 24.2 Å². The Morgan fingerprint density at radius 2 is 2.00 bits per heavy atom. The van der Waals surface area contributed by atoms with Gasteiger partial charge in [0.05, 0.1) is 10.6 Å². The molecular weight excluding hydrogens is 400 g/mol. The molecule has 6 nitrogen and oxygen atoms in total. The zero-order chi connectivity index (χ0) is 19.6. The molecule has 1 aliphatic rings. The van der Waals surface area contributed by atoms with E-state index in [1.807, 2.05) is 0 Å². The highest BCUT2D eigenvalue weighted by atomic mass is 35.5. The molecule has 1 aliphatic heterocycles.